The fourth-order valence-corrected chi connectivity index (χ4v) is 9.61. The van der Waals surface area contributed by atoms with Crippen LogP contribution in [0.3, 0.4) is 0 Å². The van der Waals surface area contributed by atoms with E-state index in [1.165, 1.54) is 11.3 Å². The number of nitriles is 1. The summed E-state index contributed by atoms with van der Waals surface area (Å²) in [6.45, 7) is 7.03. The van der Waals surface area contributed by atoms with E-state index in [0.717, 1.165) is 40.1 Å². The Bertz CT molecular complexity index is 2680. The lowest BCUT2D eigenvalue weighted by molar-refractivity contribution is -0.144. The van der Waals surface area contributed by atoms with Gasteiger partial charge in [-0.15, -0.1) is 0 Å². The highest BCUT2D eigenvalue weighted by molar-refractivity contribution is 7.81. The van der Waals surface area contributed by atoms with E-state index in [9.17, 15) is 24.4 Å². The highest BCUT2D eigenvalue weighted by atomic mass is 35.5. The number of amides is 4. The summed E-state index contributed by atoms with van der Waals surface area (Å²) in [6.07, 6.45) is 7.93. The van der Waals surface area contributed by atoms with Gasteiger partial charge in [-0.3, -0.25) is 24.1 Å². The number of unbranched alkanes of at least 4 members (excludes halogenated alkanes) is 1. The summed E-state index contributed by atoms with van der Waals surface area (Å²) in [6, 6.07) is 29.0. The third kappa shape index (κ3) is 10.3. The minimum absolute atomic E-state index is 0.0823. The number of ether oxygens (including phenoxy) is 2. The lowest BCUT2D eigenvalue weighted by Crippen LogP contribution is -2.58. The van der Waals surface area contributed by atoms with Gasteiger partial charge in [0.05, 0.1) is 29.1 Å². The average molecular weight is 957 g/mol. The van der Waals surface area contributed by atoms with Crippen LogP contribution in [0.2, 0.25) is 5.02 Å². The van der Waals surface area contributed by atoms with E-state index in [2.05, 4.69) is 21.7 Å². The number of benzene rings is 4. The van der Waals surface area contributed by atoms with E-state index in [4.69, 9.17) is 37.7 Å². The Morgan fingerprint density at radius 1 is 0.941 bits per heavy atom. The SMILES string of the molecule is CC(C)(C)C(NC(=O)COCCCCOc1ccc(-c2ccc(N3C(=S)N(c4ccc(C#N)c(Cl)c4)C(=O)C34CCC4)cc2)cc1)C(=O)N1CCC[C@H]1C(=O)NCc1ccc(-c2cnco2)cc1. The number of carbonyl (C=O) groups excluding carboxylic acids is 4. The zero-order valence-electron chi connectivity index (χ0n) is 38.3. The van der Waals surface area contributed by atoms with Gasteiger partial charge in [0, 0.05) is 30.9 Å². The van der Waals surface area contributed by atoms with Crippen LogP contribution in [0.4, 0.5) is 11.4 Å². The Morgan fingerprint density at radius 2 is 1.62 bits per heavy atom. The van der Waals surface area contributed by atoms with Crippen LogP contribution in [0.15, 0.2) is 108 Å². The summed E-state index contributed by atoms with van der Waals surface area (Å²) in [4.78, 5) is 63.3. The van der Waals surface area contributed by atoms with Crippen LogP contribution in [-0.2, 0) is 30.5 Å². The first-order chi connectivity index (χ1) is 32.8. The van der Waals surface area contributed by atoms with Crippen molar-refractivity contribution in [3.05, 3.63) is 120 Å². The molecule has 1 aliphatic carbocycles. The monoisotopic (exact) mass is 955 g/mol. The van der Waals surface area contributed by atoms with Crippen molar-refractivity contribution in [1.29, 1.82) is 5.26 Å². The molecule has 5 aromatic rings. The third-order valence-electron chi connectivity index (χ3n) is 12.8. The number of carbonyl (C=O) groups is 4. The number of nitrogens with zero attached hydrogens (tertiary/aromatic N) is 5. The smallest absolute Gasteiger partial charge is 0.259 e. The second-order valence-corrected chi connectivity index (χ2v) is 19.2. The summed E-state index contributed by atoms with van der Waals surface area (Å²) >= 11 is 12.2. The number of rotatable bonds is 17. The molecule has 4 aromatic carbocycles. The highest BCUT2D eigenvalue weighted by Gasteiger charge is 2.59. The van der Waals surface area contributed by atoms with Gasteiger partial charge in [0.15, 0.2) is 17.3 Å². The second kappa shape index (κ2) is 20.7. The molecule has 352 valence electrons. The average Bonchev–Trinajstić information content (AvgIpc) is 4.09. The summed E-state index contributed by atoms with van der Waals surface area (Å²) in [5.74, 6) is 0.397. The van der Waals surface area contributed by atoms with Crippen molar-refractivity contribution in [2.45, 2.75) is 89.9 Å². The predicted octanol–water partition coefficient (Wildman–Crippen LogP) is 8.61. The second-order valence-electron chi connectivity index (χ2n) is 18.4. The van der Waals surface area contributed by atoms with Crippen molar-refractivity contribution in [3.8, 4) is 34.3 Å². The van der Waals surface area contributed by atoms with Crippen molar-refractivity contribution in [3.63, 3.8) is 0 Å². The van der Waals surface area contributed by atoms with Crippen LogP contribution >= 0.6 is 23.8 Å². The lowest BCUT2D eigenvalue weighted by Gasteiger charge is -2.43. The number of aromatic nitrogens is 1. The summed E-state index contributed by atoms with van der Waals surface area (Å²) < 4.78 is 17.0. The summed E-state index contributed by atoms with van der Waals surface area (Å²) in [5.41, 5.74) is 4.15. The van der Waals surface area contributed by atoms with Crippen LogP contribution in [0.5, 0.6) is 5.75 Å². The molecular weight excluding hydrogens is 902 g/mol. The molecule has 2 atom stereocenters. The lowest BCUT2D eigenvalue weighted by atomic mass is 9.75. The van der Waals surface area contributed by atoms with Crippen LogP contribution in [-0.4, -0.2) is 82.6 Å². The van der Waals surface area contributed by atoms with Crippen LogP contribution < -0.4 is 25.2 Å². The maximum absolute atomic E-state index is 13.9. The maximum atomic E-state index is 13.9. The van der Waals surface area contributed by atoms with Gasteiger partial charge in [-0.25, -0.2) is 4.98 Å². The van der Waals surface area contributed by atoms with Gasteiger partial charge < -0.3 is 34.3 Å². The van der Waals surface area contributed by atoms with Gasteiger partial charge in [0.1, 0.15) is 36.0 Å². The van der Waals surface area contributed by atoms with E-state index >= 15 is 0 Å². The minimum atomic E-state index is -0.843. The molecule has 2 N–H and O–H groups in total. The molecule has 0 bridgehead atoms. The Morgan fingerprint density at radius 3 is 2.25 bits per heavy atom. The van der Waals surface area contributed by atoms with E-state index < -0.39 is 28.9 Å². The number of thiocarbonyl (C=S) groups is 1. The molecular formula is C52H54ClN7O7S. The summed E-state index contributed by atoms with van der Waals surface area (Å²) in [7, 11) is 0. The zero-order chi connectivity index (χ0) is 48.0. The Hall–Kier alpha value is -6.60. The van der Waals surface area contributed by atoms with E-state index in [0.29, 0.717) is 87.0 Å². The van der Waals surface area contributed by atoms with Crippen molar-refractivity contribution in [1.82, 2.24) is 20.5 Å². The standard InChI is InChI=1S/C52H54ClN7O7S/c1-51(2,3)46(48(63)58-25-6-8-43(58)47(62)56-30-34-9-11-37(12-10-34)44-31-55-33-67-44)57-45(61)32-65-26-4-5-27-66-41-21-16-36(17-22-41)35-13-18-39(19-14-35)60-50(68)59(49(64)52(60)23-7-24-52)40-20-15-38(29-54)42(53)28-40/h9-22,28,31,33,43,46H,4-8,23-27,30,32H2,1-3H3,(H,56,62)(H,57,61)/t43-,46?/m0/s1. The Kier molecular flexibility index (Phi) is 14.6. The van der Waals surface area contributed by atoms with E-state index in [-0.39, 0.29) is 29.4 Å². The summed E-state index contributed by atoms with van der Waals surface area (Å²) in [5, 5.41) is 15.9. The predicted molar refractivity (Wildman–Crippen MR) is 263 cm³/mol. The van der Waals surface area contributed by atoms with Crippen molar-refractivity contribution < 1.29 is 33.1 Å². The van der Waals surface area contributed by atoms with Gasteiger partial charge in [0.2, 0.25) is 17.7 Å². The van der Waals surface area contributed by atoms with Crippen LogP contribution in [0.1, 0.15) is 76.8 Å². The van der Waals surface area contributed by atoms with Crippen LogP contribution in [0, 0.1) is 16.7 Å². The molecule has 1 aromatic heterocycles. The maximum Gasteiger partial charge on any atom is 0.259 e. The molecule has 2 aliphatic heterocycles. The fourth-order valence-electron chi connectivity index (χ4n) is 8.92. The first kappa shape index (κ1) is 47.9. The van der Waals surface area contributed by atoms with Gasteiger partial charge in [-0.1, -0.05) is 80.9 Å². The number of nitrogens with one attached hydrogen (secondary N) is 2. The molecule has 1 unspecified atom stereocenters. The number of hydrogen-bond donors (Lipinski definition) is 2. The minimum Gasteiger partial charge on any atom is -0.494 e. The first-order valence-corrected chi connectivity index (χ1v) is 23.7. The molecule has 1 saturated carbocycles. The van der Waals surface area contributed by atoms with Gasteiger partial charge in [-0.2, -0.15) is 5.26 Å². The molecule has 2 saturated heterocycles. The molecule has 68 heavy (non-hydrogen) atoms. The molecule has 16 heteroatoms. The number of halogens is 1. The number of likely N-dealkylation sites (tertiary alicyclic amines) is 1. The van der Waals surface area contributed by atoms with Crippen molar-refractivity contribution >= 4 is 63.9 Å². The molecule has 8 rings (SSSR count). The van der Waals surface area contributed by atoms with Gasteiger partial charge in [0.25, 0.3) is 5.91 Å². The number of hydrogen-bond acceptors (Lipinski definition) is 10. The third-order valence-corrected chi connectivity index (χ3v) is 13.5. The molecule has 3 aliphatic rings. The quantitative estimate of drug-likeness (QED) is 0.0676. The molecule has 1 spiro atoms. The van der Waals surface area contributed by atoms with E-state index in [1.54, 1.807) is 29.3 Å². The molecule has 0 radical (unpaired) electrons. The van der Waals surface area contributed by atoms with E-state index in [1.807, 2.05) is 98.5 Å². The van der Waals surface area contributed by atoms with Crippen molar-refractivity contribution in [2.24, 2.45) is 5.41 Å². The zero-order valence-corrected chi connectivity index (χ0v) is 39.9. The Balaban J connectivity index is 0.756. The first-order valence-electron chi connectivity index (χ1n) is 22.9. The molecule has 4 amide bonds. The highest BCUT2D eigenvalue weighted by Crippen LogP contribution is 2.48. The molecule has 3 fully saturated rings. The fraction of sp³-hybridized carbons (Fsp3) is 0.365. The Labute approximate surface area is 406 Å². The molecule has 3 heterocycles. The number of oxazole rings is 1. The normalized spacial score (nSPS) is 16.9. The van der Waals surface area contributed by atoms with Crippen LogP contribution in [0.25, 0.3) is 22.5 Å². The van der Waals surface area contributed by atoms with Gasteiger partial charge >= 0.3 is 0 Å². The molecule has 14 nitrogen and oxygen atoms in total. The topological polar surface area (TPSA) is 170 Å². The number of anilines is 2. The van der Waals surface area contributed by atoms with Gasteiger partial charge in [-0.05, 0) is 122 Å². The largest absolute Gasteiger partial charge is 0.494 e. The van der Waals surface area contributed by atoms with Crippen molar-refractivity contribution in [2.75, 3.05) is 36.2 Å².